The van der Waals surface area contributed by atoms with Crippen LogP contribution in [0.25, 0.3) is 0 Å². The molecule has 0 saturated carbocycles. The van der Waals surface area contributed by atoms with Crippen molar-refractivity contribution in [1.29, 1.82) is 0 Å². The van der Waals surface area contributed by atoms with Crippen LogP contribution in [0.3, 0.4) is 0 Å². The number of fused-ring (bicyclic) bond motifs is 1. The quantitative estimate of drug-likeness (QED) is 0.798. The third-order valence-electron chi connectivity index (χ3n) is 6.17. The Morgan fingerprint density at radius 3 is 2.76 bits per heavy atom. The molecule has 4 rings (SSSR count). The van der Waals surface area contributed by atoms with Gasteiger partial charge in [0.1, 0.15) is 11.6 Å². The molecule has 0 spiro atoms. The molecule has 1 amide bonds. The normalized spacial score (nSPS) is 17.8. The van der Waals surface area contributed by atoms with Gasteiger partial charge in [0, 0.05) is 75.0 Å². The first-order valence-corrected chi connectivity index (χ1v) is 10.5. The highest BCUT2D eigenvalue weighted by atomic mass is 16.5. The molecule has 2 aromatic rings. The zero-order valence-electron chi connectivity index (χ0n) is 17.6. The van der Waals surface area contributed by atoms with Crippen LogP contribution in [0.15, 0.2) is 24.4 Å². The van der Waals surface area contributed by atoms with Crippen LogP contribution in [0.4, 0.5) is 0 Å². The number of amides is 1. The summed E-state index contributed by atoms with van der Waals surface area (Å²) in [5.41, 5.74) is 4.85. The van der Waals surface area contributed by atoms with Crippen LogP contribution in [0.1, 0.15) is 53.9 Å². The molecule has 1 aromatic heterocycles. The summed E-state index contributed by atoms with van der Waals surface area (Å²) >= 11 is 0. The van der Waals surface area contributed by atoms with Gasteiger partial charge in [-0.25, -0.2) is 9.97 Å². The molecule has 0 bridgehead atoms. The molecule has 2 aliphatic heterocycles. The lowest BCUT2D eigenvalue weighted by atomic mass is 9.95. The Morgan fingerprint density at radius 1 is 1.24 bits per heavy atom. The smallest absolute Gasteiger partial charge is 0.219 e. The predicted molar refractivity (Wildman–Crippen MR) is 112 cm³/mol. The number of likely N-dealkylation sites (tertiary alicyclic amines) is 1. The number of hydrogen-bond donors (Lipinski definition) is 0. The number of rotatable bonds is 4. The lowest BCUT2D eigenvalue weighted by molar-refractivity contribution is -0.129. The number of piperidine rings is 1. The van der Waals surface area contributed by atoms with E-state index in [1.54, 1.807) is 14.0 Å². The zero-order valence-corrected chi connectivity index (χ0v) is 17.6. The number of aromatic nitrogens is 2. The van der Waals surface area contributed by atoms with Gasteiger partial charge in [-0.3, -0.25) is 9.69 Å². The van der Waals surface area contributed by atoms with Crippen molar-refractivity contribution in [1.82, 2.24) is 19.8 Å². The number of hydrogen-bond acceptors (Lipinski definition) is 5. The third kappa shape index (κ3) is 4.42. The number of carbonyl (C=O) groups excluding carboxylic acids is 1. The minimum Gasteiger partial charge on any atom is -0.496 e. The Balaban J connectivity index is 1.42. The Hall–Kier alpha value is -2.47. The van der Waals surface area contributed by atoms with Crippen molar-refractivity contribution in [3.63, 3.8) is 0 Å². The van der Waals surface area contributed by atoms with Crippen LogP contribution in [0.5, 0.6) is 5.75 Å². The third-order valence-corrected chi connectivity index (χ3v) is 6.17. The second kappa shape index (κ2) is 8.49. The van der Waals surface area contributed by atoms with E-state index in [0.717, 1.165) is 63.6 Å². The van der Waals surface area contributed by atoms with Gasteiger partial charge in [-0.15, -0.1) is 0 Å². The molecule has 0 radical (unpaired) electrons. The van der Waals surface area contributed by atoms with Crippen LogP contribution in [0.2, 0.25) is 0 Å². The van der Waals surface area contributed by atoms with Crippen LogP contribution in [0, 0.1) is 6.92 Å². The molecule has 6 heteroatoms. The molecule has 1 saturated heterocycles. The summed E-state index contributed by atoms with van der Waals surface area (Å²) in [4.78, 5) is 25.5. The van der Waals surface area contributed by atoms with Gasteiger partial charge >= 0.3 is 0 Å². The topological polar surface area (TPSA) is 58.6 Å². The molecule has 3 heterocycles. The SMILES string of the molecule is COc1cc(C)ccc1CN1CCc2nc(C3CCN(C(C)=O)CC3)ncc2C1. The molecule has 1 aromatic carbocycles. The van der Waals surface area contributed by atoms with Gasteiger partial charge in [0.05, 0.1) is 7.11 Å². The lowest BCUT2D eigenvalue weighted by Crippen LogP contribution is -2.37. The van der Waals surface area contributed by atoms with E-state index in [9.17, 15) is 4.79 Å². The molecular formula is C23H30N4O2. The number of aryl methyl sites for hydroxylation is 1. The predicted octanol–water partition coefficient (Wildman–Crippen LogP) is 3.08. The maximum Gasteiger partial charge on any atom is 0.219 e. The van der Waals surface area contributed by atoms with E-state index >= 15 is 0 Å². The lowest BCUT2D eigenvalue weighted by Gasteiger charge is -2.32. The minimum atomic E-state index is 0.167. The van der Waals surface area contributed by atoms with E-state index in [2.05, 4.69) is 30.0 Å². The van der Waals surface area contributed by atoms with Crippen LogP contribution < -0.4 is 4.74 Å². The second-order valence-corrected chi connectivity index (χ2v) is 8.26. The maximum atomic E-state index is 11.5. The van der Waals surface area contributed by atoms with E-state index in [1.807, 2.05) is 11.1 Å². The summed E-state index contributed by atoms with van der Waals surface area (Å²) in [6, 6.07) is 6.40. The molecule has 0 atom stereocenters. The number of carbonyl (C=O) groups is 1. The molecule has 154 valence electrons. The highest BCUT2D eigenvalue weighted by Gasteiger charge is 2.26. The van der Waals surface area contributed by atoms with Gasteiger partial charge in [-0.1, -0.05) is 12.1 Å². The summed E-state index contributed by atoms with van der Waals surface area (Å²) < 4.78 is 5.57. The zero-order chi connectivity index (χ0) is 20.4. The van der Waals surface area contributed by atoms with E-state index in [1.165, 1.54) is 22.4 Å². The van der Waals surface area contributed by atoms with E-state index in [4.69, 9.17) is 14.7 Å². The first-order chi connectivity index (χ1) is 14.0. The summed E-state index contributed by atoms with van der Waals surface area (Å²) in [6.07, 6.45) is 4.88. The Morgan fingerprint density at radius 2 is 2.03 bits per heavy atom. The van der Waals surface area contributed by atoms with Gasteiger partial charge < -0.3 is 9.64 Å². The fourth-order valence-corrected chi connectivity index (χ4v) is 4.40. The average Bonchev–Trinajstić information content (AvgIpc) is 2.74. The largest absolute Gasteiger partial charge is 0.496 e. The Kier molecular flexibility index (Phi) is 5.81. The molecule has 0 unspecified atom stereocenters. The molecule has 1 fully saturated rings. The fraction of sp³-hybridized carbons (Fsp3) is 0.522. The number of benzene rings is 1. The molecule has 6 nitrogen and oxygen atoms in total. The highest BCUT2D eigenvalue weighted by molar-refractivity contribution is 5.73. The van der Waals surface area contributed by atoms with Crippen molar-refractivity contribution in [2.75, 3.05) is 26.7 Å². The van der Waals surface area contributed by atoms with Crippen molar-refractivity contribution in [2.45, 2.75) is 52.1 Å². The maximum absolute atomic E-state index is 11.5. The summed E-state index contributed by atoms with van der Waals surface area (Å²) in [5.74, 6) is 2.45. The van der Waals surface area contributed by atoms with Crippen molar-refractivity contribution in [3.8, 4) is 5.75 Å². The molecule has 29 heavy (non-hydrogen) atoms. The van der Waals surface area contributed by atoms with Gasteiger partial charge in [0.15, 0.2) is 0 Å². The molecule has 2 aliphatic rings. The van der Waals surface area contributed by atoms with Crippen molar-refractivity contribution < 1.29 is 9.53 Å². The van der Waals surface area contributed by atoms with E-state index in [0.29, 0.717) is 5.92 Å². The Labute approximate surface area is 172 Å². The molecular weight excluding hydrogens is 364 g/mol. The summed E-state index contributed by atoms with van der Waals surface area (Å²) in [5, 5.41) is 0. The fourth-order valence-electron chi connectivity index (χ4n) is 4.40. The second-order valence-electron chi connectivity index (χ2n) is 8.26. The first kappa shape index (κ1) is 19.8. The molecule has 0 N–H and O–H groups in total. The summed E-state index contributed by atoms with van der Waals surface area (Å²) in [7, 11) is 1.74. The van der Waals surface area contributed by atoms with Gasteiger partial charge in [0.25, 0.3) is 0 Å². The van der Waals surface area contributed by atoms with Crippen molar-refractivity contribution >= 4 is 5.91 Å². The van der Waals surface area contributed by atoms with E-state index < -0.39 is 0 Å². The van der Waals surface area contributed by atoms with Crippen LogP contribution in [-0.4, -0.2) is 52.4 Å². The molecule has 0 aliphatic carbocycles. The van der Waals surface area contributed by atoms with E-state index in [-0.39, 0.29) is 5.91 Å². The van der Waals surface area contributed by atoms with Crippen molar-refractivity contribution in [2.24, 2.45) is 0 Å². The summed E-state index contributed by atoms with van der Waals surface area (Å²) in [6.45, 7) is 8.09. The minimum absolute atomic E-state index is 0.167. The van der Waals surface area contributed by atoms with Gasteiger partial charge in [-0.2, -0.15) is 0 Å². The van der Waals surface area contributed by atoms with Crippen LogP contribution in [-0.2, 0) is 24.3 Å². The monoisotopic (exact) mass is 394 g/mol. The van der Waals surface area contributed by atoms with Crippen molar-refractivity contribution in [3.05, 3.63) is 52.6 Å². The number of nitrogens with zero attached hydrogens (tertiary/aromatic N) is 4. The highest BCUT2D eigenvalue weighted by Crippen LogP contribution is 2.28. The Bertz CT molecular complexity index is 890. The number of ether oxygens (including phenoxy) is 1. The van der Waals surface area contributed by atoms with Gasteiger partial charge in [-0.05, 0) is 31.4 Å². The number of methoxy groups -OCH3 is 1. The van der Waals surface area contributed by atoms with Gasteiger partial charge in [0.2, 0.25) is 5.91 Å². The average molecular weight is 395 g/mol. The first-order valence-electron chi connectivity index (χ1n) is 10.5. The standard InChI is InChI=1S/C23H30N4O2/c1-16-4-5-19(22(12-16)29-3)14-26-9-8-21-20(15-26)13-24-23(25-21)18-6-10-27(11-7-18)17(2)28/h4-5,12-13,18H,6-11,14-15H2,1-3H3. The van der Waals surface area contributed by atoms with Crippen LogP contribution >= 0.6 is 0 Å².